The molecule has 0 fully saturated rings. The van der Waals surface area contributed by atoms with E-state index in [0.717, 1.165) is 16.7 Å². The molecule has 2 amide bonds. The van der Waals surface area contributed by atoms with Gasteiger partial charge >= 0.3 is 0 Å². The van der Waals surface area contributed by atoms with Crippen molar-refractivity contribution in [2.24, 2.45) is 5.92 Å². The molecule has 3 rings (SSSR count). The first-order valence-corrected chi connectivity index (χ1v) is 12.2. The van der Waals surface area contributed by atoms with Crippen LogP contribution in [-0.4, -0.2) is 35.9 Å². The topological polar surface area (TPSA) is 58.6 Å². The summed E-state index contributed by atoms with van der Waals surface area (Å²) >= 11 is 6.06. The summed E-state index contributed by atoms with van der Waals surface area (Å²) in [6.07, 6.45) is 0.402. The molecule has 5 nitrogen and oxygen atoms in total. The van der Waals surface area contributed by atoms with E-state index in [2.05, 4.69) is 5.32 Å². The monoisotopic (exact) mass is 492 g/mol. The molecule has 35 heavy (non-hydrogen) atoms. The first-order valence-electron chi connectivity index (χ1n) is 11.9. The standard InChI is InChI=1S/C29H33ClN2O3/c1-21(2)18-31-29(34)27(16-23-8-5-4-6-9-23)32(19-24-14-12-22(3)13-15-24)28(33)20-35-26-11-7-10-25(30)17-26/h4-15,17,21,27H,16,18-20H2,1-3H3,(H,31,34)/t27-/m1/s1. The molecule has 1 atom stereocenters. The highest BCUT2D eigenvalue weighted by atomic mass is 35.5. The maximum Gasteiger partial charge on any atom is 0.261 e. The van der Waals surface area contributed by atoms with E-state index in [0.29, 0.717) is 36.2 Å². The molecule has 0 saturated carbocycles. The van der Waals surface area contributed by atoms with Crippen molar-refractivity contribution in [2.75, 3.05) is 13.2 Å². The number of halogens is 1. The lowest BCUT2D eigenvalue weighted by molar-refractivity contribution is -0.142. The van der Waals surface area contributed by atoms with E-state index in [1.807, 2.05) is 75.4 Å². The fourth-order valence-corrected chi connectivity index (χ4v) is 3.83. The van der Waals surface area contributed by atoms with Gasteiger partial charge in [0.1, 0.15) is 11.8 Å². The third-order valence-electron chi connectivity index (χ3n) is 5.59. The third kappa shape index (κ3) is 8.45. The Morgan fingerprint density at radius 2 is 1.66 bits per heavy atom. The van der Waals surface area contributed by atoms with Crippen LogP contribution in [0.3, 0.4) is 0 Å². The molecule has 0 aliphatic carbocycles. The summed E-state index contributed by atoms with van der Waals surface area (Å²) in [6, 6.07) is 24.0. The average molecular weight is 493 g/mol. The van der Waals surface area contributed by atoms with Gasteiger partial charge in [0.25, 0.3) is 5.91 Å². The van der Waals surface area contributed by atoms with Crippen LogP contribution < -0.4 is 10.1 Å². The smallest absolute Gasteiger partial charge is 0.261 e. The quantitative estimate of drug-likeness (QED) is 0.387. The Bertz CT molecular complexity index is 1100. The van der Waals surface area contributed by atoms with Crippen LogP contribution in [0.2, 0.25) is 5.02 Å². The van der Waals surface area contributed by atoms with Gasteiger partial charge in [-0.3, -0.25) is 9.59 Å². The van der Waals surface area contributed by atoms with Crippen molar-refractivity contribution in [3.8, 4) is 5.75 Å². The van der Waals surface area contributed by atoms with Gasteiger partial charge in [0.05, 0.1) is 0 Å². The maximum absolute atomic E-state index is 13.5. The largest absolute Gasteiger partial charge is 0.484 e. The molecule has 1 N–H and O–H groups in total. The number of ether oxygens (including phenoxy) is 1. The molecule has 6 heteroatoms. The van der Waals surface area contributed by atoms with E-state index in [1.165, 1.54) is 0 Å². The molecule has 0 heterocycles. The average Bonchev–Trinajstić information content (AvgIpc) is 2.85. The van der Waals surface area contributed by atoms with Crippen LogP contribution in [0.1, 0.15) is 30.5 Å². The number of carbonyl (C=O) groups excluding carboxylic acids is 2. The number of nitrogens with zero attached hydrogens (tertiary/aromatic N) is 1. The van der Waals surface area contributed by atoms with E-state index < -0.39 is 6.04 Å². The van der Waals surface area contributed by atoms with E-state index in [1.54, 1.807) is 29.2 Å². The van der Waals surface area contributed by atoms with Crippen molar-refractivity contribution < 1.29 is 14.3 Å². The number of benzene rings is 3. The number of hydrogen-bond acceptors (Lipinski definition) is 3. The molecule has 184 valence electrons. The van der Waals surface area contributed by atoms with Crippen LogP contribution >= 0.6 is 11.6 Å². The Labute approximate surface area is 213 Å². The van der Waals surface area contributed by atoms with Crippen LogP contribution in [0.25, 0.3) is 0 Å². The number of nitrogens with one attached hydrogen (secondary N) is 1. The second-order valence-corrected chi connectivity index (χ2v) is 9.53. The van der Waals surface area contributed by atoms with Gasteiger partial charge in [-0.2, -0.15) is 0 Å². The highest BCUT2D eigenvalue weighted by Gasteiger charge is 2.30. The Morgan fingerprint density at radius 3 is 2.31 bits per heavy atom. The first-order chi connectivity index (χ1) is 16.8. The molecule has 0 bridgehead atoms. The Morgan fingerprint density at radius 1 is 0.943 bits per heavy atom. The summed E-state index contributed by atoms with van der Waals surface area (Å²) in [6.45, 7) is 6.74. The number of amides is 2. The van der Waals surface area contributed by atoms with Crippen LogP contribution in [0.5, 0.6) is 5.75 Å². The molecule has 3 aromatic carbocycles. The number of aryl methyl sites for hydroxylation is 1. The van der Waals surface area contributed by atoms with Crippen molar-refractivity contribution in [3.63, 3.8) is 0 Å². The summed E-state index contributed by atoms with van der Waals surface area (Å²) in [5, 5.41) is 3.55. The zero-order valence-corrected chi connectivity index (χ0v) is 21.3. The van der Waals surface area contributed by atoms with Crippen LogP contribution in [0, 0.1) is 12.8 Å². The van der Waals surface area contributed by atoms with Crippen molar-refractivity contribution in [3.05, 3.63) is 101 Å². The number of carbonyl (C=O) groups is 2. The van der Waals surface area contributed by atoms with Crippen molar-refractivity contribution in [1.82, 2.24) is 10.2 Å². The lowest BCUT2D eigenvalue weighted by atomic mass is 10.0. The second kappa shape index (κ2) is 13.0. The molecule has 0 unspecified atom stereocenters. The summed E-state index contributed by atoms with van der Waals surface area (Å²) in [7, 11) is 0. The normalized spacial score (nSPS) is 11.7. The van der Waals surface area contributed by atoms with Crippen molar-refractivity contribution >= 4 is 23.4 Å². The third-order valence-corrected chi connectivity index (χ3v) is 5.82. The molecule has 0 aliphatic heterocycles. The van der Waals surface area contributed by atoms with Crippen LogP contribution in [-0.2, 0) is 22.6 Å². The van der Waals surface area contributed by atoms with Gasteiger partial charge in [0.15, 0.2) is 6.61 Å². The SMILES string of the molecule is Cc1ccc(CN(C(=O)COc2cccc(Cl)c2)[C@H](Cc2ccccc2)C(=O)NCC(C)C)cc1. The predicted molar refractivity (Wildman–Crippen MR) is 140 cm³/mol. The van der Waals surface area contributed by atoms with E-state index in [4.69, 9.17) is 16.3 Å². The molecule has 0 aromatic heterocycles. The summed E-state index contributed by atoms with van der Waals surface area (Å²) in [5.41, 5.74) is 3.06. The van der Waals surface area contributed by atoms with Gasteiger partial charge in [-0.25, -0.2) is 0 Å². The highest BCUT2D eigenvalue weighted by Crippen LogP contribution is 2.19. The Balaban J connectivity index is 1.89. The minimum Gasteiger partial charge on any atom is -0.484 e. The van der Waals surface area contributed by atoms with Gasteiger partial charge in [-0.15, -0.1) is 0 Å². The fourth-order valence-electron chi connectivity index (χ4n) is 3.65. The predicted octanol–water partition coefficient (Wildman–Crippen LogP) is 5.44. The minimum atomic E-state index is -0.687. The van der Waals surface area contributed by atoms with Gasteiger partial charge in [-0.1, -0.05) is 91.7 Å². The molecule has 3 aromatic rings. The van der Waals surface area contributed by atoms with E-state index in [9.17, 15) is 9.59 Å². The van der Waals surface area contributed by atoms with Crippen molar-refractivity contribution in [2.45, 2.75) is 39.8 Å². The van der Waals surface area contributed by atoms with E-state index in [-0.39, 0.29) is 18.4 Å². The van der Waals surface area contributed by atoms with Gasteiger partial charge < -0.3 is 15.0 Å². The molecule has 0 aliphatic rings. The van der Waals surface area contributed by atoms with Crippen molar-refractivity contribution in [1.29, 1.82) is 0 Å². The summed E-state index contributed by atoms with van der Waals surface area (Å²) in [4.78, 5) is 28.6. The highest BCUT2D eigenvalue weighted by molar-refractivity contribution is 6.30. The summed E-state index contributed by atoms with van der Waals surface area (Å²) < 4.78 is 5.76. The fraction of sp³-hybridized carbons (Fsp3) is 0.310. The minimum absolute atomic E-state index is 0.175. The molecular formula is C29H33ClN2O3. The Kier molecular flexibility index (Phi) is 9.74. The van der Waals surface area contributed by atoms with Gasteiger partial charge in [-0.05, 0) is 42.2 Å². The lowest BCUT2D eigenvalue weighted by Gasteiger charge is -2.31. The zero-order valence-electron chi connectivity index (χ0n) is 20.5. The molecule has 0 radical (unpaired) electrons. The zero-order chi connectivity index (χ0) is 25.2. The first kappa shape index (κ1) is 26.3. The number of hydrogen-bond donors (Lipinski definition) is 1. The van der Waals surface area contributed by atoms with Crippen LogP contribution in [0.4, 0.5) is 0 Å². The van der Waals surface area contributed by atoms with E-state index >= 15 is 0 Å². The number of rotatable bonds is 11. The van der Waals surface area contributed by atoms with Gasteiger partial charge in [0, 0.05) is 24.5 Å². The Hall–Kier alpha value is -3.31. The lowest BCUT2D eigenvalue weighted by Crippen LogP contribution is -2.52. The second-order valence-electron chi connectivity index (χ2n) is 9.10. The molecule has 0 spiro atoms. The summed E-state index contributed by atoms with van der Waals surface area (Å²) in [5.74, 6) is 0.352. The van der Waals surface area contributed by atoms with Crippen LogP contribution in [0.15, 0.2) is 78.9 Å². The molecular weight excluding hydrogens is 460 g/mol. The van der Waals surface area contributed by atoms with Gasteiger partial charge in [0.2, 0.25) is 5.91 Å². The molecule has 0 saturated heterocycles. The maximum atomic E-state index is 13.5.